The van der Waals surface area contributed by atoms with Gasteiger partial charge in [-0.15, -0.1) is 11.6 Å². The molecule has 0 bridgehead atoms. The van der Waals surface area contributed by atoms with E-state index >= 15 is 0 Å². The van der Waals surface area contributed by atoms with Gasteiger partial charge in [-0.25, -0.2) is 4.39 Å². The number of hydrogen-bond donors (Lipinski definition) is 0. The molecule has 0 aliphatic carbocycles. The molecule has 2 aromatic rings. The first-order valence-electron chi connectivity index (χ1n) is 7.64. The van der Waals surface area contributed by atoms with E-state index in [9.17, 15) is 22.4 Å². The van der Waals surface area contributed by atoms with Crippen molar-refractivity contribution in [3.05, 3.63) is 53.3 Å². The van der Waals surface area contributed by atoms with Gasteiger partial charge >= 0.3 is 6.18 Å². The van der Waals surface area contributed by atoms with Crippen LogP contribution in [0.25, 0.3) is 0 Å². The Bertz CT molecular complexity index is 804. The third-order valence-corrected chi connectivity index (χ3v) is 4.00. The summed E-state index contributed by atoms with van der Waals surface area (Å²) in [6, 6.07) is 6.76. The molecule has 0 N–H and O–H groups in total. The number of benzene rings is 2. The van der Waals surface area contributed by atoms with Gasteiger partial charge in [-0.1, -0.05) is 6.07 Å². The largest absolute Gasteiger partial charge is 0.497 e. The van der Waals surface area contributed by atoms with Crippen molar-refractivity contribution in [1.82, 2.24) is 0 Å². The molecule has 0 fully saturated rings. The van der Waals surface area contributed by atoms with E-state index in [2.05, 4.69) is 0 Å². The van der Waals surface area contributed by atoms with Crippen molar-refractivity contribution in [3.63, 3.8) is 0 Å². The topological polar surface area (TPSA) is 38.8 Å². The van der Waals surface area contributed by atoms with E-state index in [4.69, 9.17) is 21.1 Å². The van der Waals surface area contributed by atoms with Gasteiger partial charge in [0.25, 0.3) is 0 Å². The molecule has 0 saturated heterocycles. The fourth-order valence-electron chi connectivity index (χ4n) is 2.46. The van der Waals surface area contributed by atoms with Crippen LogP contribution in [-0.2, 0) is 17.5 Å². The first-order valence-corrected chi connectivity index (χ1v) is 8.18. The van der Waals surface area contributed by atoms with Crippen molar-refractivity contribution in [2.24, 2.45) is 0 Å². The van der Waals surface area contributed by atoms with Gasteiger partial charge in [-0.3, -0.25) is 4.79 Å². The summed E-state index contributed by atoms with van der Waals surface area (Å²) in [5.74, 6) is -1.44. The molecule has 0 heterocycles. The minimum Gasteiger partial charge on any atom is -0.497 e. The summed E-state index contributed by atoms with van der Waals surface area (Å²) in [6.07, 6.45) is -4.78. The molecule has 0 saturated carbocycles. The van der Waals surface area contributed by atoms with Crippen molar-refractivity contribution in [2.45, 2.75) is 12.7 Å². The summed E-state index contributed by atoms with van der Waals surface area (Å²) in [6.45, 7) is -0.461. The Hall–Kier alpha value is -2.48. The van der Waals surface area contributed by atoms with Gasteiger partial charge in [0.05, 0.1) is 32.0 Å². The van der Waals surface area contributed by atoms with Gasteiger partial charge in [-0.05, 0) is 17.7 Å². The molecule has 4 nitrogen and oxygen atoms in total. The average molecular weight is 406 g/mol. The molecule has 0 radical (unpaired) electrons. The molecular weight excluding hydrogens is 390 g/mol. The van der Waals surface area contributed by atoms with E-state index < -0.39 is 35.9 Å². The number of carbonyl (C=O) groups excluding carboxylic acids is 1. The quantitative estimate of drug-likeness (QED) is 0.519. The Morgan fingerprint density at radius 1 is 1.07 bits per heavy atom. The molecule has 0 aromatic heterocycles. The number of alkyl halides is 4. The highest BCUT2D eigenvalue weighted by atomic mass is 35.5. The van der Waals surface area contributed by atoms with Crippen molar-refractivity contribution in [3.8, 4) is 11.5 Å². The second kappa shape index (κ2) is 8.47. The van der Waals surface area contributed by atoms with Crippen LogP contribution >= 0.6 is 11.6 Å². The molecule has 9 heteroatoms. The maximum atomic E-state index is 13.3. The Morgan fingerprint density at radius 3 is 2.15 bits per heavy atom. The van der Waals surface area contributed by atoms with Gasteiger partial charge in [0.2, 0.25) is 5.91 Å². The number of nitrogens with zero attached hydrogens (tertiary/aromatic N) is 1. The molecule has 2 rings (SSSR count). The van der Waals surface area contributed by atoms with Crippen molar-refractivity contribution >= 4 is 23.2 Å². The van der Waals surface area contributed by atoms with E-state index in [0.717, 1.165) is 17.0 Å². The number of methoxy groups -OCH3 is 2. The van der Waals surface area contributed by atoms with Crippen LogP contribution in [-0.4, -0.2) is 26.0 Å². The van der Waals surface area contributed by atoms with Crippen LogP contribution in [0.5, 0.6) is 11.5 Å². The van der Waals surface area contributed by atoms with Crippen LogP contribution in [0.15, 0.2) is 36.4 Å². The Morgan fingerprint density at radius 2 is 1.67 bits per heavy atom. The summed E-state index contributed by atoms with van der Waals surface area (Å²) >= 11 is 5.63. The molecule has 27 heavy (non-hydrogen) atoms. The van der Waals surface area contributed by atoms with E-state index in [1.165, 1.54) is 26.4 Å². The van der Waals surface area contributed by atoms with Gasteiger partial charge in [0.1, 0.15) is 23.2 Å². The summed E-state index contributed by atoms with van der Waals surface area (Å²) < 4.78 is 63.4. The second-order valence-corrected chi connectivity index (χ2v) is 5.75. The lowest BCUT2D eigenvalue weighted by Crippen LogP contribution is -2.32. The maximum Gasteiger partial charge on any atom is 0.416 e. The van der Waals surface area contributed by atoms with Gasteiger partial charge in [0, 0.05) is 18.2 Å². The maximum absolute atomic E-state index is 13.3. The van der Waals surface area contributed by atoms with Crippen LogP contribution < -0.4 is 14.4 Å². The van der Waals surface area contributed by atoms with E-state index in [1.54, 1.807) is 6.07 Å². The zero-order valence-electron chi connectivity index (χ0n) is 14.4. The van der Waals surface area contributed by atoms with E-state index in [0.29, 0.717) is 17.6 Å². The van der Waals surface area contributed by atoms with Crippen LogP contribution in [0.4, 0.5) is 23.2 Å². The summed E-state index contributed by atoms with van der Waals surface area (Å²) in [7, 11) is 2.79. The van der Waals surface area contributed by atoms with Crippen LogP contribution in [0, 0.1) is 5.82 Å². The highest BCUT2D eigenvalue weighted by Crippen LogP contribution is 2.35. The lowest BCUT2D eigenvalue weighted by atomic mass is 10.1. The van der Waals surface area contributed by atoms with Crippen LogP contribution in [0.1, 0.15) is 11.1 Å². The molecule has 1 amide bonds. The molecule has 146 valence electrons. The lowest BCUT2D eigenvalue weighted by Gasteiger charge is -2.25. The predicted octanol–water partition coefficient (Wildman–Crippen LogP) is 4.63. The van der Waals surface area contributed by atoms with E-state index in [1.807, 2.05) is 0 Å². The third kappa shape index (κ3) is 5.03. The highest BCUT2D eigenvalue weighted by Gasteiger charge is 2.34. The van der Waals surface area contributed by atoms with E-state index in [-0.39, 0.29) is 11.3 Å². The predicted molar refractivity (Wildman–Crippen MR) is 92.9 cm³/mol. The number of carbonyl (C=O) groups is 1. The Kier molecular flexibility index (Phi) is 6.54. The zero-order chi connectivity index (χ0) is 20.2. The van der Waals surface area contributed by atoms with Gasteiger partial charge < -0.3 is 14.4 Å². The number of hydrogen-bond acceptors (Lipinski definition) is 3. The van der Waals surface area contributed by atoms with Crippen LogP contribution in [0.3, 0.4) is 0 Å². The van der Waals surface area contributed by atoms with Gasteiger partial charge in [0.15, 0.2) is 0 Å². The first-order chi connectivity index (χ1) is 12.7. The van der Waals surface area contributed by atoms with Crippen LogP contribution in [0.2, 0.25) is 0 Å². The highest BCUT2D eigenvalue weighted by molar-refractivity contribution is 6.29. The summed E-state index contributed by atoms with van der Waals surface area (Å²) in [5, 5.41) is 0. The molecular formula is C18H16ClF4NO3. The SMILES string of the molecule is COc1cc(OC)cc(N(Cc2ccc(F)cc2C(F)(F)F)C(=O)CCl)c1. The number of amides is 1. The number of rotatable bonds is 6. The number of halogens is 5. The standard InChI is InChI=1S/C18H16ClF4NO3/c1-26-14-6-13(7-15(8-14)27-2)24(17(25)9-19)10-11-3-4-12(20)5-16(11)18(21,22)23/h3-8H,9-10H2,1-2H3. The molecule has 0 unspecified atom stereocenters. The molecule has 0 aliphatic rings. The molecule has 0 atom stereocenters. The lowest BCUT2D eigenvalue weighted by molar-refractivity contribution is -0.138. The smallest absolute Gasteiger partial charge is 0.416 e. The zero-order valence-corrected chi connectivity index (χ0v) is 15.2. The fraction of sp³-hybridized carbons (Fsp3) is 0.278. The third-order valence-electron chi connectivity index (χ3n) is 3.77. The summed E-state index contributed by atoms with van der Waals surface area (Å²) in [4.78, 5) is 13.4. The minimum atomic E-state index is -4.78. The average Bonchev–Trinajstić information content (AvgIpc) is 2.65. The Labute approximate surface area is 158 Å². The molecule has 0 aliphatic heterocycles. The minimum absolute atomic E-state index is 0.231. The summed E-state index contributed by atoms with van der Waals surface area (Å²) in [5.41, 5.74) is -1.21. The normalized spacial score (nSPS) is 11.2. The number of ether oxygens (including phenoxy) is 2. The second-order valence-electron chi connectivity index (χ2n) is 5.48. The van der Waals surface area contributed by atoms with Crippen molar-refractivity contribution in [2.75, 3.05) is 25.0 Å². The number of anilines is 1. The fourth-order valence-corrected chi connectivity index (χ4v) is 2.61. The molecule has 2 aromatic carbocycles. The Balaban J connectivity index is 2.53. The first kappa shape index (κ1) is 20.8. The van der Waals surface area contributed by atoms with Crippen molar-refractivity contribution < 1.29 is 31.8 Å². The molecule has 0 spiro atoms. The van der Waals surface area contributed by atoms with Gasteiger partial charge in [-0.2, -0.15) is 13.2 Å². The monoisotopic (exact) mass is 405 g/mol. The van der Waals surface area contributed by atoms with Crippen molar-refractivity contribution in [1.29, 1.82) is 0 Å².